The van der Waals surface area contributed by atoms with E-state index in [4.69, 9.17) is 10.5 Å². The van der Waals surface area contributed by atoms with E-state index in [2.05, 4.69) is 21.2 Å². The number of carbonyl (C=O) groups is 3. The van der Waals surface area contributed by atoms with Crippen molar-refractivity contribution in [3.63, 3.8) is 0 Å². The van der Waals surface area contributed by atoms with Gasteiger partial charge in [0.2, 0.25) is 11.4 Å². The number of halogens is 1. The van der Waals surface area contributed by atoms with Crippen molar-refractivity contribution in [1.82, 2.24) is 5.32 Å². The van der Waals surface area contributed by atoms with E-state index >= 15 is 0 Å². The maximum atomic E-state index is 12.3. The van der Waals surface area contributed by atoms with Crippen molar-refractivity contribution >= 4 is 33.8 Å². The number of aliphatic carboxylic acids is 1. The van der Waals surface area contributed by atoms with E-state index in [1.807, 2.05) is 0 Å². The van der Waals surface area contributed by atoms with Gasteiger partial charge < -0.3 is 20.9 Å². The van der Waals surface area contributed by atoms with Crippen LogP contribution in [0.1, 0.15) is 40.0 Å². The minimum absolute atomic E-state index is 0.0762. The van der Waals surface area contributed by atoms with Crippen LogP contribution in [0.15, 0.2) is 0 Å². The van der Waals surface area contributed by atoms with Crippen LogP contribution in [0, 0.1) is 0 Å². The Morgan fingerprint density at radius 2 is 1.81 bits per heavy atom. The second-order valence-corrected chi connectivity index (χ2v) is 6.20. The number of carboxylic acid groups (broad SMARTS) is 1. The molecule has 122 valence electrons. The van der Waals surface area contributed by atoms with Crippen molar-refractivity contribution in [3.05, 3.63) is 0 Å². The number of alkyl halides is 1. The molecule has 1 amide bonds. The van der Waals surface area contributed by atoms with E-state index in [0.29, 0.717) is 19.4 Å². The van der Waals surface area contributed by atoms with Crippen LogP contribution in [0.2, 0.25) is 0 Å². The summed E-state index contributed by atoms with van der Waals surface area (Å²) in [5.74, 6) is -3.02. The molecule has 0 aliphatic carbocycles. The Morgan fingerprint density at radius 1 is 1.24 bits per heavy atom. The number of carboxylic acids is 1. The number of esters is 1. The fraction of sp³-hybridized carbons (Fsp3) is 0.769. The molecule has 0 rings (SSSR count). The zero-order valence-electron chi connectivity index (χ0n) is 12.6. The maximum absolute atomic E-state index is 12.3. The third-order valence-corrected chi connectivity index (χ3v) is 3.10. The molecule has 1 atom stereocenters. The maximum Gasteiger partial charge on any atom is 0.344 e. The number of hydrogen-bond acceptors (Lipinski definition) is 5. The summed E-state index contributed by atoms with van der Waals surface area (Å²) >= 11 is 2.93. The van der Waals surface area contributed by atoms with Crippen molar-refractivity contribution in [1.29, 1.82) is 0 Å². The lowest BCUT2D eigenvalue weighted by Crippen LogP contribution is -2.62. The van der Waals surface area contributed by atoms with Crippen LogP contribution >= 0.6 is 15.9 Å². The summed E-state index contributed by atoms with van der Waals surface area (Å²) in [5, 5.41) is 11.6. The first-order valence-corrected chi connectivity index (χ1v) is 7.75. The second-order valence-electron chi connectivity index (χ2n) is 5.64. The van der Waals surface area contributed by atoms with Gasteiger partial charge in [0, 0.05) is 0 Å². The average molecular weight is 367 g/mol. The summed E-state index contributed by atoms with van der Waals surface area (Å²) in [4.78, 5) is 35.5. The van der Waals surface area contributed by atoms with Crippen molar-refractivity contribution in [2.24, 2.45) is 5.73 Å². The number of unbranched alkanes of at least 4 members (excludes halogenated alkanes) is 1. The molecule has 0 aromatic heterocycles. The van der Waals surface area contributed by atoms with Crippen LogP contribution in [-0.2, 0) is 19.1 Å². The number of ether oxygens (including phenoxy) is 1. The Labute approximate surface area is 132 Å². The van der Waals surface area contributed by atoms with Crippen LogP contribution in [0.25, 0.3) is 0 Å². The average Bonchev–Trinajstić information content (AvgIpc) is 2.34. The second kappa shape index (κ2) is 8.33. The van der Waals surface area contributed by atoms with Crippen molar-refractivity contribution in [2.45, 2.75) is 51.2 Å². The van der Waals surface area contributed by atoms with E-state index in [1.54, 1.807) is 20.8 Å². The van der Waals surface area contributed by atoms with Crippen LogP contribution < -0.4 is 11.1 Å². The lowest BCUT2D eigenvalue weighted by molar-refractivity contribution is -0.173. The number of hydrogen-bond donors (Lipinski definition) is 3. The molecule has 8 heteroatoms. The van der Waals surface area contributed by atoms with Crippen LogP contribution in [-0.4, -0.2) is 46.0 Å². The first-order chi connectivity index (χ1) is 9.59. The van der Waals surface area contributed by atoms with Gasteiger partial charge in [0.15, 0.2) is 0 Å². The molecule has 4 N–H and O–H groups in total. The Bertz CT molecular complexity index is 395. The van der Waals surface area contributed by atoms with E-state index in [1.165, 1.54) is 0 Å². The Hall–Kier alpha value is -1.15. The van der Waals surface area contributed by atoms with E-state index in [9.17, 15) is 19.5 Å². The molecule has 0 aliphatic heterocycles. The fourth-order valence-electron chi connectivity index (χ4n) is 1.63. The standard InChI is InChI=1S/C13H23BrN2O5/c1-12(2,3)21-11(20)13(10(18)19,6-4-5-7-15)16-9(17)8-14/h4-8,15H2,1-3H3,(H,16,17)(H,18,19)/t13-/m0/s1. The zero-order valence-corrected chi connectivity index (χ0v) is 14.2. The van der Waals surface area contributed by atoms with Gasteiger partial charge in [0.05, 0.1) is 5.33 Å². The van der Waals surface area contributed by atoms with Gasteiger partial charge in [0.25, 0.3) is 0 Å². The highest BCUT2D eigenvalue weighted by molar-refractivity contribution is 9.09. The molecule has 0 unspecified atom stereocenters. The summed E-state index contributed by atoms with van der Waals surface area (Å²) in [6.07, 6.45) is 0.847. The Balaban J connectivity index is 5.39. The molecule has 0 heterocycles. The fourth-order valence-corrected chi connectivity index (χ4v) is 1.77. The molecular weight excluding hydrogens is 344 g/mol. The number of nitrogens with one attached hydrogen (secondary N) is 1. The van der Waals surface area contributed by atoms with Crippen molar-refractivity contribution < 1.29 is 24.2 Å². The van der Waals surface area contributed by atoms with Crippen LogP contribution in [0.4, 0.5) is 0 Å². The third-order valence-electron chi connectivity index (χ3n) is 2.59. The molecule has 0 saturated heterocycles. The predicted molar refractivity (Wildman–Crippen MR) is 81.1 cm³/mol. The number of carbonyl (C=O) groups excluding carboxylic acids is 2. The molecule has 0 saturated carbocycles. The number of amides is 1. The first-order valence-electron chi connectivity index (χ1n) is 6.63. The monoisotopic (exact) mass is 366 g/mol. The quantitative estimate of drug-likeness (QED) is 0.253. The molecule has 21 heavy (non-hydrogen) atoms. The molecule has 0 radical (unpaired) electrons. The van der Waals surface area contributed by atoms with Gasteiger partial charge in [-0.3, -0.25) is 4.79 Å². The molecule has 0 spiro atoms. The molecule has 7 nitrogen and oxygen atoms in total. The third kappa shape index (κ3) is 6.43. The summed E-state index contributed by atoms with van der Waals surface area (Å²) in [6.45, 7) is 5.26. The van der Waals surface area contributed by atoms with E-state index in [0.717, 1.165) is 0 Å². The Kier molecular flexibility index (Phi) is 7.87. The lowest BCUT2D eigenvalue weighted by Gasteiger charge is -2.31. The van der Waals surface area contributed by atoms with Crippen LogP contribution in [0.5, 0.6) is 0 Å². The summed E-state index contributed by atoms with van der Waals surface area (Å²) in [5.41, 5.74) is 2.43. The van der Waals surface area contributed by atoms with Gasteiger partial charge in [-0.2, -0.15) is 0 Å². The SMILES string of the molecule is CC(C)(C)OC(=O)[C@@](CCCCN)(NC(=O)CBr)C(=O)O. The summed E-state index contributed by atoms with van der Waals surface area (Å²) in [6, 6.07) is 0. The minimum atomic E-state index is -2.09. The minimum Gasteiger partial charge on any atom is -0.479 e. The smallest absolute Gasteiger partial charge is 0.344 e. The first kappa shape index (κ1) is 19.9. The summed E-state index contributed by atoms with van der Waals surface area (Å²) < 4.78 is 5.16. The van der Waals surface area contributed by atoms with Gasteiger partial charge in [-0.25, -0.2) is 9.59 Å². The highest BCUT2D eigenvalue weighted by Gasteiger charge is 2.49. The molecule has 0 fully saturated rings. The van der Waals surface area contributed by atoms with Gasteiger partial charge in [-0.05, 0) is 46.6 Å². The van der Waals surface area contributed by atoms with Crippen molar-refractivity contribution in [3.8, 4) is 0 Å². The summed E-state index contributed by atoms with van der Waals surface area (Å²) in [7, 11) is 0. The predicted octanol–water partition coefficient (Wildman–Crippen LogP) is 0.792. The molecule has 0 aromatic carbocycles. The van der Waals surface area contributed by atoms with Gasteiger partial charge >= 0.3 is 11.9 Å². The van der Waals surface area contributed by atoms with E-state index < -0.39 is 29.0 Å². The molecule has 0 bridgehead atoms. The highest BCUT2D eigenvalue weighted by atomic mass is 79.9. The molecular formula is C13H23BrN2O5. The number of rotatable bonds is 8. The lowest BCUT2D eigenvalue weighted by atomic mass is 9.92. The highest BCUT2D eigenvalue weighted by Crippen LogP contribution is 2.21. The number of nitrogens with two attached hydrogens (primary N) is 1. The molecule has 0 aromatic rings. The van der Waals surface area contributed by atoms with Gasteiger partial charge in [-0.1, -0.05) is 15.9 Å². The van der Waals surface area contributed by atoms with Gasteiger partial charge in [0.1, 0.15) is 5.60 Å². The van der Waals surface area contributed by atoms with E-state index in [-0.39, 0.29) is 11.8 Å². The van der Waals surface area contributed by atoms with Gasteiger partial charge in [-0.15, -0.1) is 0 Å². The zero-order chi connectivity index (χ0) is 16.7. The largest absolute Gasteiger partial charge is 0.479 e. The Morgan fingerprint density at radius 3 is 2.19 bits per heavy atom. The normalized spacial score (nSPS) is 14.1. The van der Waals surface area contributed by atoms with Crippen LogP contribution in [0.3, 0.4) is 0 Å². The topological polar surface area (TPSA) is 119 Å². The van der Waals surface area contributed by atoms with Crippen molar-refractivity contribution in [2.75, 3.05) is 11.9 Å². The molecule has 0 aliphatic rings.